The van der Waals surface area contributed by atoms with E-state index < -0.39 is 5.89 Å². The van der Waals surface area contributed by atoms with Gasteiger partial charge in [0.05, 0.1) is 5.69 Å². The molecule has 0 unspecified atom stereocenters. The highest BCUT2D eigenvalue weighted by molar-refractivity contribution is 7.25. The molecule has 0 aliphatic rings. The number of benzene rings is 3. The number of hydrogen-bond acceptors (Lipinski definition) is 2. The highest BCUT2D eigenvalue weighted by Crippen LogP contribution is 2.37. The third-order valence-electron chi connectivity index (χ3n) is 5.20. The Morgan fingerprint density at radius 2 is 1.54 bits per heavy atom. The lowest BCUT2D eigenvalue weighted by atomic mass is 9.93. The molecule has 2 heteroatoms. The van der Waals surface area contributed by atoms with E-state index in [1.807, 2.05) is 49.6 Å². The summed E-state index contributed by atoms with van der Waals surface area (Å²) in [6.07, 6.45) is 1.88. The van der Waals surface area contributed by atoms with Crippen molar-refractivity contribution in [2.45, 2.75) is 19.7 Å². The first-order valence-electron chi connectivity index (χ1n) is 9.98. The van der Waals surface area contributed by atoms with E-state index in [1.54, 1.807) is 0 Å². The Balaban J connectivity index is 1.71. The van der Waals surface area contributed by atoms with Crippen LogP contribution in [-0.4, -0.2) is 4.98 Å². The van der Waals surface area contributed by atoms with Gasteiger partial charge in [-0.25, -0.2) is 0 Å². The van der Waals surface area contributed by atoms with Crippen molar-refractivity contribution in [2.75, 3.05) is 0 Å². The van der Waals surface area contributed by atoms with Gasteiger partial charge in [0.25, 0.3) is 0 Å². The number of aromatic nitrogens is 1. The molecule has 136 valence electrons. The minimum absolute atomic E-state index is 0.718. The zero-order valence-corrected chi connectivity index (χ0v) is 16.8. The number of nitrogens with zero attached hydrogens (tertiary/aromatic N) is 1. The maximum atomic E-state index is 8.58. The standard InChI is InChI=1S/C26H21NS/c1-17(2)23-16-27-24(15-21(23)18-8-4-3-5-9-18)19-12-13-26-22(14-19)20-10-6-7-11-25(20)28-26/h3-17H,1-2H3/i17D. The number of fused-ring (bicyclic) bond motifs is 3. The first kappa shape index (κ1) is 16.0. The highest BCUT2D eigenvalue weighted by Gasteiger charge is 2.13. The maximum Gasteiger partial charge on any atom is 0.0708 e. The molecule has 0 bridgehead atoms. The zero-order valence-electron chi connectivity index (χ0n) is 16.9. The zero-order chi connectivity index (χ0) is 20.0. The van der Waals surface area contributed by atoms with Crippen molar-refractivity contribution in [3.63, 3.8) is 0 Å². The van der Waals surface area contributed by atoms with E-state index in [2.05, 4.69) is 60.7 Å². The molecule has 2 heterocycles. The first-order chi connectivity index (χ1) is 14.0. The fourth-order valence-electron chi connectivity index (χ4n) is 3.75. The minimum atomic E-state index is -0.718. The number of pyridine rings is 1. The van der Waals surface area contributed by atoms with Crippen LogP contribution in [-0.2, 0) is 0 Å². The van der Waals surface area contributed by atoms with Gasteiger partial charge in [0.2, 0.25) is 0 Å². The fourth-order valence-corrected chi connectivity index (χ4v) is 4.84. The van der Waals surface area contributed by atoms with Gasteiger partial charge in [-0.3, -0.25) is 4.98 Å². The van der Waals surface area contributed by atoms with Crippen LogP contribution < -0.4 is 0 Å². The van der Waals surface area contributed by atoms with Gasteiger partial charge in [0, 0.05) is 33.3 Å². The Kier molecular flexibility index (Phi) is 3.94. The lowest BCUT2D eigenvalue weighted by Crippen LogP contribution is -1.96. The van der Waals surface area contributed by atoms with E-state index in [4.69, 9.17) is 6.35 Å². The van der Waals surface area contributed by atoms with Crippen molar-refractivity contribution < 1.29 is 1.37 Å². The Morgan fingerprint density at radius 1 is 0.786 bits per heavy atom. The van der Waals surface area contributed by atoms with Crippen LogP contribution in [0.15, 0.2) is 85.1 Å². The normalized spacial score (nSPS) is 12.4. The van der Waals surface area contributed by atoms with Gasteiger partial charge in [-0.1, -0.05) is 68.4 Å². The van der Waals surface area contributed by atoms with E-state index in [1.165, 1.54) is 20.2 Å². The quantitative estimate of drug-likeness (QED) is 0.310. The predicted octanol–water partition coefficient (Wildman–Crippen LogP) is 7.91. The van der Waals surface area contributed by atoms with Crippen LogP contribution >= 0.6 is 11.3 Å². The molecule has 0 atom stereocenters. The third kappa shape index (κ3) is 2.90. The van der Waals surface area contributed by atoms with Crippen molar-refractivity contribution in [2.24, 2.45) is 0 Å². The van der Waals surface area contributed by atoms with E-state index in [0.717, 1.165) is 27.9 Å². The van der Waals surface area contributed by atoms with Crippen LogP contribution in [0.1, 0.15) is 26.7 Å². The molecule has 0 saturated carbocycles. The van der Waals surface area contributed by atoms with Crippen molar-refractivity contribution in [3.05, 3.63) is 90.6 Å². The van der Waals surface area contributed by atoms with Crippen LogP contribution in [0.3, 0.4) is 0 Å². The summed E-state index contributed by atoms with van der Waals surface area (Å²) in [6.45, 7) is 3.83. The molecule has 0 saturated heterocycles. The lowest BCUT2D eigenvalue weighted by molar-refractivity contribution is 0.861. The summed E-state index contributed by atoms with van der Waals surface area (Å²) < 4.78 is 11.2. The molecule has 0 spiro atoms. The monoisotopic (exact) mass is 380 g/mol. The molecule has 1 nitrogen and oxygen atoms in total. The van der Waals surface area contributed by atoms with Crippen LogP contribution in [0.25, 0.3) is 42.6 Å². The van der Waals surface area contributed by atoms with Gasteiger partial charge in [0.1, 0.15) is 0 Å². The molecule has 3 aromatic carbocycles. The summed E-state index contributed by atoms with van der Waals surface area (Å²) in [6, 6.07) is 27.6. The Bertz CT molecular complexity index is 1330. The number of hydrogen-bond donors (Lipinski definition) is 0. The molecule has 0 aliphatic heterocycles. The average Bonchev–Trinajstić information content (AvgIpc) is 3.11. The summed E-state index contributed by atoms with van der Waals surface area (Å²) in [5.74, 6) is -0.718. The third-order valence-corrected chi connectivity index (χ3v) is 6.35. The molecule has 0 amide bonds. The van der Waals surface area contributed by atoms with Crippen LogP contribution in [0.2, 0.25) is 0 Å². The molecular weight excluding hydrogens is 358 g/mol. The highest BCUT2D eigenvalue weighted by atomic mass is 32.1. The molecule has 0 aliphatic carbocycles. The Labute approximate surface area is 170 Å². The largest absolute Gasteiger partial charge is 0.256 e. The minimum Gasteiger partial charge on any atom is -0.256 e. The van der Waals surface area contributed by atoms with Crippen molar-refractivity contribution in [1.82, 2.24) is 4.98 Å². The van der Waals surface area contributed by atoms with E-state index in [0.29, 0.717) is 0 Å². The van der Waals surface area contributed by atoms with Crippen LogP contribution in [0, 0.1) is 0 Å². The van der Waals surface area contributed by atoms with E-state index >= 15 is 0 Å². The molecule has 0 fully saturated rings. The van der Waals surface area contributed by atoms with Gasteiger partial charge in [0.15, 0.2) is 0 Å². The second kappa shape index (κ2) is 6.88. The average molecular weight is 381 g/mol. The van der Waals surface area contributed by atoms with Gasteiger partial charge < -0.3 is 0 Å². The molecule has 2 aromatic heterocycles. The van der Waals surface area contributed by atoms with Crippen LogP contribution in [0.4, 0.5) is 0 Å². The van der Waals surface area contributed by atoms with Crippen molar-refractivity contribution >= 4 is 31.5 Å². The molecule has 5 rings (SSSR count). The summed E-state index contributed by atoms with van der Waals surface area (Å²) in [5, 5.41) is 2.57. The molecule has 5 aromatic rings. The Morgan fingerprint density at radius 3 is 2.36 bits per heavy atom. The van der Waals surface area contributed by atoms with E-state index in [-0.39, 0.29) is 0 Å². The summed E-state index contributed by atoms with van der Waals surface area (Å²) in [5.41, 5.74) is 5.18. The number of rotatable bonds is 3. The van der Waals surface area contributed by atoms with Gasteiger partial charge >= 0.3 is 0 Å². The second-order valence-corrected chi connectivity index (χ2v) is 8.37. The van der Waals surface area contributed by atoms with Gasteiger partial charge in [-0.15, -0.1) is 11.3 Å². The van der Waals surface area contributed by atoms with E-state index in [9.17, 15) is 0 Å². The smallest absolute Gasteiger partial charge is 0.0708 e. The fraction of sp³-hybridized carbons (Fsp3) is 0.115. The van der Waals surface area contributed by atoms with Crippen molar-refractivity contribution in [3.8, 4) is 22.4 Å². The molecule has 0 radical (unpaired) electrons. The van der Waals surface area contributed by atoms with Gasteiger partial charge in [-0.2, -0.15) is 0 Å². The topological polar surface area (TPSA) is 12.9 Å². The summed E-state index contributed by atoms with van der Waals surface area (Å²) >= 11 is 1.83. The lowest BCUT2D eigenvalue weighted by Gasteiger charge is -2.14. The maximum absolute atomic E-state index is 8.58. The summed E-state index contributed by atoms with van der Waals surface area (Å²) in [4.78, 5) is 4.76. The number of thiophene rings is 1. The molecular formula is C26H21NS. The summed E-state index contributed by atoms with van der Waals surface area (Å²) in [7, 11) is 0. The van der Waals surface area contributed by atoms with Crippen molar-refractivity contribution in [1.29, 1.82) is 0 Å². The SMILES string of the molecule is [2H]C(C)(C)c1cnc(-c2ccc3sc4ccccc4c3c2)cc1-c1ccccc1. The first-order valence-corrected chi connectivity index (χ1v) is 10.3. The Hall–Kier alpha value is -2.97. The van der Waals surface area contributed by atoms with Crippen LogP contribution in [0.5, 0.6) is 0 Å². The van der Waals surface area contributed by atoms with Gasteiger partial charge in [-0.05, 0) is 46.8 Å². The molecule has 28 heavy (non-hydrogen) atoms. The second-order valence-electron chi connectivity index (χ2n) is 7.29. The molecule has 0 N–H and O–H groups in total. The predicted molar refractivity (Wildman–Crippen MR) is 122 cm³/mol.